The largest absolute Gasteiger partial charge is 0.497 e. The van der Waals surface area contributed by atoms with Crippen molar-refractivity contribution < 1.29 is 19.1 Å². The van der Waals surface area contributed by atoms with Crippen molar-refractivity contribution in [2.45, 2.75) is 6.42 Å². The van der Waals surface area contributed by atoms with Crippen molar-refractivity contribution in [3.63, 3.8) is 0 Å². The van der Waals surface area contributed by atoms with Crippen LogP contribution in [0.15, 0.2) is 47.4 Å². The summed E-state index contributed by atoms with van der Waals surface area (Å²) in [6, 6.07) is 12.9. The molecule has 164 valence electrons. The predicted molar refractivity (Wildman–Crippen MR) is 132 cm³/mol. The highest BCUT2D eigenvalue weighted by atomic mass is 32.2. The van der Waals surface area contributed by atoms with E-state index in [9.17, 15) is 9.59 Å². The number of fused-ring (bicyclic) bond motifs is 1. The topological polar surface area (TPSA) is 80.8 Å². The van der Waals surface area contributed by atoms with Gasteiger partial charge >= 0.3 is 0 Å². The van der Waals surface area contributed by atoms with E-state index < -0.39 is 0 Å². The van der Waals surface area contributed by atoms with E-state index in [0.717, 1.165) is 27.3 Å². The minimum atomic E-state index is -0.232. The molecule has 2 aromatic carbocycles. The Kier molecular flexibility index (Phi) is 6.73. The Balaban J connectivity index is 1.36. The van der Waals surface area contributed by atoms with Gasteiger partial charge in [0.05, 0.1) is 29.3 Å². The zero-order chi connectivity index (χ0) is 22.7. The monoisotopic (exact) mass is 485 g/mol. The molecule has 1 fully saturated rings. The molecule has 4 rings (SSSR count). The predicted octanol–water partition coefficient (Wildman–Crippen LogP) is 4.54. The van der Waals surface area contributed by atoms with Crippen molar-refractivity contribution >= 4 is 72.9 Å². The van der Waals surface area contributed by atoms with Crippen molar-refractivity contribution in [2.24, 2.45) is 0 Å². The highest BCUT2D eigenvalue weighted by Gasteiger charge is 2.32. The van der Waals surface area contributed by atoms with Gasteiger partial charge in [0.2, 0.25) is 5.91 Å². The van der Waals surface area contributed by atoms with Gasteiger partial charge in [-0.1, -0.05) is 47.4 Å². The summed E-state index contributed by atoms with van der Waals surface area (Å²) in [6.07, 6.45) is 1.90. The first-order chi connectivity index (χ1) is 15.5. The van der Waals surface area contributed by atoms with E-state index >= 15 is 0 Å². The number of amides is 2. The van der Waals surface area contributed by atoms with Crippen molar-refractivity contribution in [1.29, 1.82) is 0 Å². The number of nitrogens with zero attached hydrogens (tertiary/aromatic N) is 2. The van der Waals surface area contributed by atoms with Gasteiger partial charge in [0.1, 0.15) is 15.8 Å². The number of aromatic nitrogens is 1. The van der Waals surface area contributed by atoms with E-state index in [1.807, 2.05) is 42.5 Å². The van der Waals surface area contributed by atoms with Gasteiger partial charge in [-0.3, -0.25) is 14.5 Å². The van der Waals surface area contributed by atoms with Crippen LogP contribution in [0.3, 0.4) is 0 Å². The second-order valence-electron chi connectivity index (χ2n) is 6.76. The number of thioether (sulfide) groups is 1. The highest BCUT2D eigenvalue weighted by molar-refractivity contribution is 8.26. The second kappa shape index (κ2) is 9.68. The summed E-state index contributed by atoms with van der Waals surface area (Å²) < 4.78 is 11.7. The molecule has 0 unspecified atom stereocenters. The van der Waals surface area contributed by atoms with Gasteiger partial charge in [-0.2, -0.15) is 0 Å². The fraction of sp³-hybridized carbons (Fsp3) is 0.182. The molecule has 0 spiro atoms. The van der Waals surface area contributed by atoms with Crippen LogP contribution >= 0.6 is 35.3 Å². The SMILES string of the molecule is COc1ccc(/C=C2\SC(=S)N(CCC(=O)Nc3nc4ccc(OC)cc4s3)C2=O)cc1. The summed E-state index contributed by atoms with van der Waals surface area (Å²) in [5.41, 5.74) is 1.66. The Labute approximate surface area is 198 Å². The maximum absolute atomic E-state index is 12.8. The van der Waals surface area contributed by atoms with Gasteiger partial charge in [0.15, 0.2) is 5.13 Å². The van der Waals surface area contributed by atoms with E-state index in [-0.39, 0.29) is 24.8 Å². The lowest BCUT2D eigenvalue weighted by Crippen LogP contribution is -2.31. The molecule has 0 saturated carbocycles. The van der Waals surface area contributed by atoms with Crippen molar-refractivity contribution in [2.75, 3.05) is 26.1 Å². The smallest absolute Gasteiger partial charge is 0.266 e. The van der Waals surface area contributed by atoms with Gasteiger partial charge in [-0.05, 0) is 42.0 Å². The third kappa shape index (κ3) is 4.93. The number of anilines is 1. The molecule has 2 heterocycles. The third-order valence-electron chi connectivity index (χ3n) is 4.69. The van der Waals surface area contributed by atoms with Crippen LogP contribution in [-0.4, -0.2) is 46.8 Å². The number of thiocarbonyl (C=S) groups is 1. The number of carbonyl (C=O) groups excluding carboxylic acids is 2. The average Bonchev–Trinajstić information content (AvgIpc) is 3.31. The van der Waals surface area contributed by atoms with Crippen molar-refractivity contribution in [3.05, 3.63) is 52.9 Å². The first-order valence-electron chi connectivity index (χ1n) is 9.60. The normalized spacial score (nSPS) is 14.9. The van der Waals surface area contributed by atoms with Gasteiger partial charge in [0, 0.05) is 13.0 Å². The fourth-order valence-electron chi connectivity index (χ4n) is 3.02. The molecule has 1 N–H and O–H groups in total. The highest BCUT2D eigenvalue weighted by Crippen LogP contribution is 2.33. The van der Waals surface area contributed by atoms with E-state index in [2.05, 4.69) is 10.3 Å². The average molecular weight is 486 g/mol. The third-order valence-corrected chi connectivity index (χ3v) is 7.00. The lowest BCUT2D eigenvalue weighted by Gasteiger charge is -2.13. The molecule has 1 aliphatic rings. The number of hydrogen-bond donors (Lipinski definition) is 1. The van der Waals surface area contributed by atoms with Gasteiger partial charge < -0.3 is 14.8 Å². The van der Waals surface area contributed by atoms with Crippen LogP contribution in [0.2, 0.25) is 0 Å². The van der Waals surface area contributed by atoms with E-state index in [4.69, 9.17) is 21.7 Å². The van der Waals surface area contributed by atoms with E-state index in [1.54, 1.807) is 20.3 Å². The van der Waals surface area contributed by atoms with Crippen molar-refractivity contribution in [1.82, 2.24) is 9.88 Å². The van der Waals surface area contributed by atoms with Gasteiger partial charge in [-0.25, -0.2) is 4.98 Å². The number of carbonyl (C=O) groups is 2. The Morgan fingerprint density at radius 2 is 1.88 bits per heavy atom. The lowest BCUT2D eigenvalue weighted by atomic mass is 10.2. The maximum Gasteiger partial charge on any atom is 0.266 e. The molecule has 10 heteroatoms. The molecule has 0 atom stereocenters. The molecule has 0 radical (unpaired) electrons. The van der Waals surface area contributed by atoms with Crippen LogP contribution in [0.25, 0.3) is 16.3 Å². The quantitative estimate of drug-likeness (QED) is 0.389. The summed E-state index contributed by atoms with van der Waals surface area (Å²) in [5, 5.41) is 3.30. The number of thiazole rings is 1. The molecule has 1 aliphatic heterocycles. The van der Waals surface area contributed by atoms with Crippen LogP contribution in [0.1, 0.15) is 12.0 Å². The minimum absolute atomic E-state index is 0.113. The Morgan fingerprint density at radius 3 is 2.59 bits per heavy atom. The van der Waals surface area contributed by atoms with E-state index in [1.165, 1.54) is 28.0 Å². The summed E-state index contributed by atoms with van der Waals surface area (Å²) in [6.45, 7) is 0.204. The summed E-state index contributed by atoms with van der Waals surface area (Å²) in [5.74, 6) is 1.05. The summed E-state index contributed by atoms with van der Waals surface area (Å²) >= 11 is 7.95. The zero-order valence-corrected chi connectivity index (χ0v) is 19.7. The van der Waals surface area contributed by atoms with Gasteiger partial charge in [0.25, 0.3) is 5.91 Å². The number of ether oxygens (including phenoxy) is 2. The molecule has 2 amide bonds. The molecule has 0 bridgehead atoms. The number of rotatable bonds is 7. The van der Waals surface area contributed by atoms with Crippen LogP contribution < -0.4 is 14.8 Å². The molecular weight excluding hydrogens is 466 g/mol. The van der Waals surface area contributed by atoms with Crippen LogP contribution in [-0.2, 0) is 9.59 Å². The van der Waals surface area contributed by atoms with Crippen LogP contribution in [0.5, 0.6) is 11.5 Å². The second-order valence-corrected chi connectivity index (χ2v) is 9.46. The zero-order valence-electron chi connectivity index (χ0n) is 17.3. The van der Waals surface area contributed by atoms with Gasteiger partial charge in [-0.15, -0.1) is 0 Å². The Morgan fingerprint density at radius 1 is 1.16 bits per heavy atom. The number of nitrogens with one attached hydrogen (secondary N) is 1. The van der Waals surface area contributed by atoms with Crippen molar-refractivity contribution in [3.8, 4) is 11.5 Å². The van der Waals surface area contributed by atoms with E-state index in [0.29, 0.717) is 14.4 Å². The maximum atomic E-state index is 12.8. The van der Waals surface area contributed by atoms with Crippen LogP contribution in [0.4, 0.5) is 5.13 Å². The Bertz CT molecular complexity index is 1220. The number of methoxy groups -OCH3 is 2. The number of hydrogen-bond acceptors (Lipinski definition) is 8. The first-order valence-corrected chi connectivity index (χ1v) is 11.6. The first kappa shape index (κ1) is 22.3. The fourth-order valence-corrected chi connectivity index (χ4v) is 5.24. The molecule has 0 aliphatic carbocycles. The summed E-state index contributed by atoms with van der Waals surface area (Å²) in [4.78, 5) is 31.6. The van der Waals surface area contributed by atoms with Crippen LogP contribution in [0, 0.1) is 0 Å². The molecule has 1 aromatic heterocycles. The molecule has 1 saturated heterocycles. The molecular formula is C22H19N3O4S3. The standard InChI is InChI=1S/C22H19N3O4S3/c1-28-14-5-3-13(4-6-14)11-18-20(27)25(22(30)32-18)10-9-19(26)24-21-23-16-8-7-15(29-2)12-17(16)31-21/h3-8,11-12H,9-10H2,1-2H3,(H,23,24,26)/b18-11-. The lowest BCUT2D eigenvalue weighted by molar-refractivity contribution is -0.122. The summed E-state index contributed by atoms with van der Waals surface area (Å²) in [7, 11) is 3.20. The molecule has 3 aromatic rings. The minimum Gasteiger partial charge on any atom is -0.497 e. The number of benzene rings is 2. The molecule has 7 nitrogen and oxygen atoms in total. The molecule has 32 heavy (non-hydrogen) atoms. The Hall–Kier alpha value is -2.95.